The number of hydrogen-bond acceptors (Lipinski definition) is 15. The number of aliphatic hydroxyl groups excluding tert-OH is 1. The maximum atomic E-state index is 13.1. The second kappa shape index (κ2) is 69.8. The zero-order valence-corrected chi connectivity index (χ0v) is 65.2. The molecule has 0 saturated carbocycles. The van der Waals surface area contributed by atoms with E-state index in [1.165, 1.54) is 212 Å². The van der Waals surface area contributed by atoms with Crippen molar-refractivity contribution in [2.24, 2.45) is 11.8 Å². The molecule has 6 atom stereocenters. The molecule has 0 aromatic rings. The average Bonchev–Trinajstić information content (AvgIpc) is 3.35. The zero-order valence-electron chi connectivity index (χ0n) is 63.4. The SMILES string of the molecule is CCCCCCCCCCCCCC(=O)O[C@H](COC(=O)CCCCCCCCC)COP(=O)(O)OC[C@H](O)COP(=O)(O)OC[C@@H](COC(=O)CCCCCCCCCCCCCCCCC(C)C)OC(=O)CCCCCCCCCCCCCCCCCCCCC(C)CC. The van der Waals surface area contributed by atoms with Crippen molar-refractivity contribution in [3.05, 3.63) is 0 Å². The molecular formula is C78H152O17P2. The molecule has 3 unspecified atom stereocenters. The number of hydrogen-bond donors (Lipinski definition) is 3. The number of carbonyl (C=O) groups excluding carboxylic acids is 4. The number of esters is 4. The van der Waals surface area contributed by atoms with E-state index in [0.29, 0.717) is 25.7 Å². The fourth-order valence-corrected chi connectivity index (χ4v) is 13.6. The molecule has 0 rings (SSSR count). The van der Waals surface area contributed by atoms with Gasteiger partial charge in [0.15, 0.2) is 12.2 Å². The second-order valence-corrected chi connectivity index (χ2v) is 31.7. The van der Waals surface area contributed by atoms with E-state index in [2.05, 4.69) is 41.5 Å². The van der Waals surface area contributed by atoms with Crippen LogP contribution in [0, 0.1) is 11.8 Å². The lowest BCUT2D eigenvalue weighted by Crippen LogP contribution is -2.30. The summed E-state index contributed by atoms with van der Waals surface area (Å²) in [5, 5.41) is 10.6. The predicted octanol–water partition coefficient (Wildman–Crippen LogP) is 23.1. The first-order valence-electron chi connectivity index (χ1n) is 40.5. The number of ether oxygens (including phenoxy) is 4. The van der Waals surface area contributed by atoms with Gasteiger partial charge in [-0.2, -0.15) is 0 Å². The lowest BCUT2D eigenvalue weighted by Gasteiger charge is -2.21. The number of rotatable bonds is 77. The van der Waals surface area contributed by atoms with Gasteiger partial charge in [0.2, 0.25) is 0 Å². The molecule has 19 heteroatoms. The Hall–Kier alpha value is -1.94. The molecule has 0 spiro atoms. The smallest absolute Gasteiger partial charge is 0.462 e. The maximum Gasteiger partial charge on any atom is 0.472 e. The summed E-state index contributed by atoms with van der Waals surface area (Å²) in [6.45, 7) is 9.65. The van der Waals surface area contributed by atoms with Crippen LogP contribution in [-0.2, 0) is 65.4 Å². The fraction of sp³-hybridized carbons (Fsp3) is 0.949. The van der Waals surface area contributed by atoms with Crippen LogP contribution in [0.3, 0.4) is 0 Å². The third-order valence-electron chi connectivity index (χ3n) is 18.6. The molecule has 0 aliphatic carbocycles. The van der Waals surface area contributed by atoms with Crippen LogP contribution < -0.4 is 0 Å². The number of phosphoric ester groups is 2. The summed E-state index contributed by atoms with van der Waals surface area (Å²) in [5.74, 6) is -0.447. The Bertz CT molecular complexity index is 1870. The van der Waals surface area contributed by atoms with E-state index in [1.54, 1.807) is 0 Å². The summed E-state index contributed by atoms with van der Waals surface area (Å²) in [6, 6.07) is 0. The Kier molecular flexibility index (Phi) is 68.4. The van der Waals surface area contributed by atoms with Crippen LogP contribution in [0.15, 0.2) is 0 Å². The highest BCUT2D eigenvalue weighted by atomic mass is 31.2. The van der Waals surface area contributed by atoms with E-state index >= 15 is 0 Å². The lowest BCUT2D eigenvalue weighted by molar-refractivity contribution is -0.161. The van der Waals surface area contributed by atoms with E-state index in [4.69, 9.17) is 37.0 Å². The summed E-state index contributed by atoms with van der Waals surface area (Å²) in [6.07, 6.45) is 58.4. The van der Waals surface area contributed by atoms with Gasteiger partial charge in [-0.1, -0.05) is 356 Å². The highest BCUT2D eigenvalue weighted by molar-refractivity contribution is 7.47. The normalized spacial score (nSPS) is 14.2. The highest BCUT2D eigenvalue weighted by Gasteiger charge is 2.30. The van der Waals surface area contributed by atoms with Crippen LogP contribution in [0.5, 0.6) is 0 Å². The van der Waals surface area contributed by atoms with Gasteiger partial charge >= 0.3 is 39.5 Å². The number of carbonyl (C=O) groups is 4. The molecule has 0 bridgehead atoms. The molecule has 0 aliphatic heterocycles. The van der Waals surface area contributed by atoms with E-state index in [-0.39, 0.29) is 25.7 Å². The third-order valence-corrected chi connectivity index (χ3v) is 20.5. The molecule has 0 aromatic carbocycles. The quantitative estimate of drug-likeness (QED) is 0.0222. The Morgan fingerprint density at radius 2 is 0.526 bits per heavy atom. The summed E-state index contributed by atoms with van der Waals surface area (Å²) >= 11 is 0. The minimum atomic E-state index is -4.96. The minimum absolute atomic E-state index is 0.107. The van der Waals surface area contributed by atoms with E-state index in [0.717, 1.165) is 115 Å². The van der Waals surface area contributed by atoms with Crippen LogP contribution in [0.2, 0.25) is 0 Å². The first-order valence-corrected chi connectivity index (χ1v) is 43.5. The maximum absolute atomic E-state index is 13.1. The largest absolute Gasteiger partial charge is 0.472 e. The average molecular weight is 1420 g/mol. The monoisotopic (exact) mass is 1420 g/mol. The number of aliphatic hydroxyl groups is 1. The zero-order chi connectivity index (χ0) is 71.4. The Labute approximate surface area is 594 Å². The summed E-state index contributed by atoms with van der Waals surface area (Å²) < 4.78 is 68.4. The molecule has 0 amide bonds. The van der Waals surface area contributed by atoms with Crippen LogP contribution in [0.25, 0.3) is 0 Å². The van der Waals surface area contributed by atoms with Crippen molar-refractivity contribution in [3.8, 4) is 0 Å². The second-order valence-electron chi connectivity index (χ2n) is 28.8. The van der Waals surface area contributed by atoms with Gasteiger partial charge in [0, 0.05) is 25.7 Å². The van der Waals surface area contributed by atoms with Crippen LogP contribution in [-0.4, -0.2) is 96.7 Å². The Morgan fingerprint density at radius 3 is 0.784 bits per heavy atom. The molecule has 0 aromatic heterocycles. The molecule has 97 heavy (non-hydrogen) atoms. The first-order chi connectivity index (χ1) is 46.9. The minimum Gasteiger partial charge on any atom is -0.462 e. The van der Waals surface area contributed by atoms with Crippen molar-refractivity contribution < 1.29 is 80.2 Å². The summed E-state index contributed by atoms with van der Waals surface area (Å²) in [5.41, 5.74) is 0. The topological polar surface area (TPSA) is 237 Å². The van der Waals surface area contributed by atoms with Crippen molar-refractivity contribution in [1.29, 1.82) is 0 Å². The van der Waals surface area contributed by atoms with E-state index in [9.17, 15) is 43.2 Å². The van der Waals surface area contributed by atoms with Crippen molar-refractivity contribution in [2.75, 3.05) is 39.6 Å². The van der Waals surface area contributed by atoms with E-state index in [1.807, 2.05) is 0 Å². The Balaban J connectivity index is 5.15. The molecule has 17 nitrogen and oxygen atoms in total. The fourth-order valence-electron chi connectivity index (χ4n) is 12.0. The first kappa shape index (κ1) is 95.1. The van der Waals surface area contributed by atoms with Crippen molar-refractivity contribution >= 4 is 39.5 Å². The third kappa shape index (κ3) is 70.9. The molecule has 0 radical (unpaired) electrons. The summed E-state index contributed by atoms with van der Waals surface area (Å²) in [4.78, 5) is 72.7. The van der Waals surface area contributed by atoms with Gasteiger partial charge in [-0.3, -0.25) is 37.3 Å². The molecule has 0 heterocycles. The number of phosphoric acid groups is 2. The van der Waals surface area contributed by atoms with Gasteiger partial charge in [-0.15, -0.1) is 0 Å². The van der Waals surface area contributed by atoms with Gasteiger partial charge < -0.3 is 33.8 Å². The molecule has 576 valence electrons. The Morgan fingerprint density at radius 1 is 0.299 bits per heavy atom. The van der Waals surface area contributed by atoms with Crippen molar-refractivity contribution in [2.45, 2.75) is 426 Å². The van der Waals surface area contributed by atoms with Crippen LogP contribution in [0.4, 0.5) is 0 Å². The molecular weight excluding hydrogens is 1270 g/mol. The van der Waals surface area contributed by atoms with Gasteiger partial charge in [0.25, 0.3) is 0 Å². The van der Waals surface area contributed by atoms with E-state index < -0.39 is 97.5 Å². The van der Waals surface area contributed by atoms with Gasteiger partial charge in [0.05, 0.1) is 26.4 Å². The standard InChI is InChI=1S/C78H152O17P2/c1-7-10-12-14-16-17-30-38-44-50-56-62-77(82)94-73(66-88-75(80)60-54-48-40-15-13-11-8-2)68-92-96(84,85)90-64-72(79)65-91-97(86,87)93-69-74(67-89-76(81)61-55-49-43-37-33-28-25-24-26-31-35-41-46-52-58-70(4)5)95-78(83)63-57-51-45-39-34-29-23-21-19-18-20-22-27-32-36-42-47-53-59-71(6)9-3/h70-74,79H,7-69H2,1-6H3,(H,84,85)(H,86,87)/t71?,72-,73+,74+/m0/s1. The van der Waals surface area contributed by atoms with Crippen LogP contribution in [0.1, 0.15) is 408 Å². The van der Waals surface area contributed by atoms with Gasteiger partial charge in [-0.25, -0.2) is 9.13 Å². The summed E-state index contributed by atoms with van der Waals surface area (Å²) in [7, 11) is -9.91. The van der Waals surface area contributed by atoms with Crippen molar-refractivity contribution in [3.63, 3.8) is 0 Å². The van der Waals surface area contributed by atoms with Gasteiger partial charge in [-0.05, 0) is 37.5 Å². The predicted molar refractivity (Wildman–Crippen MR) is 395 cm³/mol. The molecule has 3 N–H and O–H groups in total. The van der Waals surface area contributed by atoms with Gasteiger partial charge in [0.1, 0.15) is 19.3 Å². The highest BCUT2D eigenvalue weighted by Crippen LogP contribution is 2.45. The lowest BCUT2D eigenvalue weighted by atomic mass is 9.99. The number of unbranched alkanes of at least 4 members (excludes halogenated alkanes) is 46. The molecule has 0 fully saturated rings. The van der Waals surface area contributed by atoms with Crippen molar-refractivity contribution in [1.82, 2.24) is 0 Å². The molecule has 0 aliphatic rings. The van der Waals surface area contributed by atoms with Crippen LogP contribution >= 0.6 is 15.6 Å². The molecule has 0 saturated heterocycles.